The monoisotopic (exact) mass is 140 g/mol. The van der Waals surface area contributed by atoms with Gasteiger partial charge in [-0.2, -0.15) is 0 Å². The molecule has 0 unspecified atom stereocenters. The smallest absolute Gasteiger partial charge is 0.0324 e. The van der Waals surface area contributed by atoms with Crippen molar-refractivity contribution in [2.75, 3.05) is 13.6 Å². The summed E-state index contributed by atoms with van der Waals surface area (Å²) in [5, 5.41) is 3.22. The highest BCUT2D eigenvalue weighted by molar-refractivity contribution is 5.30. The molecule has 0 spiro atoms. The molecule has 58 valence electrons. The molecular formula is C8H16N2. The second-order valence-corrected chi connectivity index (χ2v) is 1.98. The van der Waals surface area contributed by atoms with Crippen molar-refractivity contribution in [2.24, 2.45) is 5.73 Å². The SMILES string of the molecule is C=C1CCN/C1=C/C.CN. The fraction of sp³-hybridized carbons (Fsp3) is 0.500. The summed E-state index contributed by atoms with van der Waals surface area (Å²) < 4.78 is 0. The molecule has 1 saturated heterocycles. The van der Waals surface area contributed by atoms with Gasteiger partial charge in [0.15, 0.2) is 0 Å². The van der Waals surface area contributed by atoms with Crippen LogP contribution in [0.15, 0.2) is 23.9 Å². The Morgan fingerprint density at radius 2 is 2.20 bits per heavy atom. The Bertz CT molecular complexity index is 136. The van der Waals surface area contributed by atoms with Crippen molar-refractivity contribution < 1.29 is 0 Å². The zero-order valence-corrected chi connectivity index (χ0v) is 6.78. The maximum atomic E-state index is 4.50. The van der Waals surface area contributed by atoms with Gasteiger partial charge in [-0.25, -0.2) is 0 Å². The van der Waals surface area contributed by atoms with Gasteiger partial charge in [0.2, 0.25) is 0 Å². The standard InChI is InChI=1S/C7H11N.CH5N/c1-3-7-6(2)4-5-8-7;1-2/h3,8H,2,4-5H2,1H3;2H2,1H3/b7-3+;. The van der Waals surface area contributed by atoms with E-state index in [0.29, 0.717) is 0 Å². The average molecular weight is 140 g/mol. The van der Waals surface area contributed by atoms with E-state index < -0.39 is 0 Å². The zero-order chi connectivity index (χ0) is 7.98. The van der Waals surface area contributed by atoms with Crippen molar-refractivity contribution >= 4 is 0 Å². The van der Waals surface area contributed by atoms with Crippen molar-refractivity contribution in [3.05, 3.63) is 23.9 Å². The third-order valence-corrected chi connectivity index (χ3v) is 1.41. The molecule has 0 radical (unpaired) electrons. The van der Waals surface area contributed by atoms with Crippen LogP contribution in [0.3, 0.4) is 0 Å². The lowest BCUT2D eigenvalue weighted by Crippen LogP contribution is -2.02. The number of nitrogens with two attached hydrogens (primary N) is 1. The number of nitrogens with one attached hydrogen (secondary N) is 1. The molecule has 1 fully saturated rings. The Morgan fingerprint density at radius 1 is 1.60 bits per heavy atom. The van der Waals surface area contributed by atoms with E-state index in [-0.39, 0.29) is 0 Å². The summed E-state index contributed by atoms with van der Waals surface area (Å²) in [5.74, 6) is 0. The van der Waals surface area contributed by atoms with Crippen LogP contribution in [0.2, 0.25) is 0 Å². The molecule has 0 atom stereocenters. The molecule has 0 aromatic heterocycles. The lowest BCUT2D eigenvalue weighted by molar-refractivity contribution is 0.914. The van der Waals surface area contributed by atoms with Crippen molar-refractivity contribution in [3.63, 3.8) is 0 Å². The molecule has 10 heavy (non-hydrogen) atoms. The van der Waals surface area contributed by atoms with Crippen LogP contribution < -0.4 is 11.1 Å². The highest BCUT2D eigenvalue weighted by atomic mass is 14.9. The Morgan fingerprint density at radius 3 is 2.40 bits per heavy atom. The third kappa shape index (κ3) is 2.23. The van der Waals surface area contributed by atoms with Crippen LogP contribution in [0.25, 0.3) is 0 Å². The van der Waals surface area contributed by atoms with Crippen LogP contribution in [0.5, 0.6) is 0 Å². The maximum absolute atomic E-state index is 4.50. The van der Waals surface area contributed by atoms with E-state index in [1.54, 1.807) is 0 Å². The lowest BCUT2D eigenvalue weighted by atomic mass is 10.2. The van der Waals surface area contributed by atoms with E-state index >= 15 is 0 Å². The summed E-state index contributed by atoms with van der Waals surface area (Å²) >= 11 is 0. The minimum atomic E-state index is 1.07. The minimum Gasteiger partial charge on any atom is -0.385 e. The van der Waals surface area contributed by atoms with Crippen LogP contribution in [-0.2, 0) is 0 Å². The zero-order valence-electron chi connectivity index (χ0n) is 6.78. The van der Waals surface area contributed by atoms with E-state index in [4.69, 9.17) is 0 Å². The summed E-state index contributed by atoms with van der Waals surface area (Å²) in [6, 6.07) is 0. The van der Waals surface area contributed by atoms with Crippen molar-refractivity contribution in [2.45, 2.75) is 13.3 Å². The van der Waals surface area contributed by atoms with Gasteiger partial charge < -0.3 is 11.1 Å². The molecule has 2 nitrogen and oxygen atoms in total. The summed E-state index contributed by atoms with van der Waals surface area (Å²) in [6.45, 7) is 6.97. The Kier molecular flexibility index (Phi) is 4.67. The number of allylic oxidation sites excluding steroid dienone is 2. The predicted octanol–water partition coefficient (Wildman–Crippen LogP) is 1.01. The number of hydrogen-bond donors (Lipinski definition) is 2. The molecule has 2 heteroatoms. The highest BCUT2D eigenvalue weighted by Gasteiger charge is 2.06. The van der Waals surface area contributed by atoms with Crippen molar-refractivity contribution in [3.8, 4) is 0 Å². The first-order valence-corrected chi connectivity index (χ1v) is 3.50. The van der Waals surface area contributed by atoms with Crippen LogP contribution in [0.4, 0.5) is 0 Å². The normalized spacial score (nSPS) is 19.9. The van der Waals surface area contributed by atoms with Gasteiger partial charge in [-0.1, -0.05) is 12.7 Å². The van der Waals surface area contributed by atoms with Crippen LogP contribution in [0.1, 0.15) is 13.3 Å². The lowest BCUT2D eigenvalue weighted by Gasteiger charge is -1.94. The van der Waals surface area contributed by atoms with Crippen molar-refractivity contribution in [1.82, 2.24) is 5.32 Å². The number of rotatable bonds is 0. The van der Waals surface area contributed by atoms with Gasteiger partial charge in [0, 0.05) is 12.2 Å². The molecule has 1 aliphatic heterocycles. The molecular weight excluding hydrogens is 124 g/mol. The Balaban J connectivity index is 0.000000371. The van der Waals surface area contributed by atoms with Crippen LogP contribution in [0, 0.1) is 0 Å². The molecule has 0 aromatic rings. The number of hydrogen-bond acceptors (Lipinski definition) is 2. The average Bonchev–Trinajstić information content (AvgIpc) is 2.39. The molecule has 0 aliphatic carbocycles. The Hall–Kier alpha value is -0.760. The van der Waals surface area contributed by atoms with Gasteiger partial charge in [-0.15, -0.1) is 0 Å². The molecule has 0 aromatic carbocycles. The first kappa shape index (κ1) is 9.24. The van der Waals surface area contributed by atoms with Gasteiger partial charge in [0.1, 0.15) is 0 Å². The second kappa shape index (κ2) is 5.06. The first-order valence-electron chi connectivity index (χ1n) is 3.50. The summed E-state index contributed by atoms with van der Waals surface area (Å²) in [6.07, 6.45) is 3.18. The fourth-order valence-corrected chi connectivity index (χ4v) is 0.914. The quantitative estimate of drug-likeness (QED) is 0.527. The topological polar surface area (TPSA) is 38.0 Å². The minimum absolute atomic E-state index is 1.07. The molecule has 0 saturated carbocycles. The summed E-state index contributed by atoms with van der Waals surface area (Å²) in [4.78, 5) is 0. The molecule has 3 N–H and O–H groups in total. The second-order valence-electron chi connectivity index (χ2n) is 1.98. The van der Waals surface area contributed by atoms with Gasteiger partial charge in [-0.3, -0.25) is 0 Å². The molecule has 1 rings (SSSR count). The van der Waals surface area contributed by atoms with Gasteiger partial charge in [-0.05, 0) is 26.0 Å². The molecule has 0 bridgehead atoms. The van der Waals surface area contributed by atoms with E-state index in [1.165, 1.54) is 18.3 Å². The van der Waals surface area contributed by atoms with E-state index in [0.717, 1.165) is 13.0 Å². The van der Waals surface area contributed by atoms with Gasteiger partial charge >= 0.3 is 0 Å². The summed E-state index contributed by atoms with van der Waals surface area (Å²) in [5.41, 5.74) is 6.97. The highest BCUT2D eigenvalue weighted by Crippen LogP contribution is 2.13. The van der Waals surface area contributed by atoms with Gasteiger partial charge in [0.05, 0.1) is 0 Å². The largest absolute Gasteiger partial charge is 0.385 e. The predicted molar refractivity (Wildman–Crippen MR) is 45.6 cm³/mol. The Labute approximate surface area is 62.8 Å². The van der Waals surface area contributed by atoms with Crippen LogP contribution >= 0.6 is 0 Å². The molecule has 1 heterocycles. The van der Waals surface area contributed by atoms with Crippen molar-refractivity contribution in [1.29, 1.82) is 0 Å². The first-order chi connectivity index (χ1) is 4.84. The van der Waals surface area contributed by atoms with Crippen LogP contribution in [-0.4, -0.2) is 13.6 Å². The van der Waals surface area contributed by atoms with Gasteiger partial charge in [0.25, 0.3) is 0 Å². The fourth-order valence-electron chi connectivity index (χ4n) is 0.914. The van der Waals surface area contributed by atoms with E-state index in [2.05, 4.69) is 23.7 Å². The maximum Gasteiger partial charge on any atom is 0.0324 e. The summed E-state index contributed by atoms with van der Waals surface area (Å²) in [7, 11) is 1.50. The van der Waals surface area contributed by atoms with E-state index in [1.807, 2.05) is 6.92 Å². The third-order valence-electron chi connectivity index (χ3n) is 1.41. The molecule has 1 aliphatic rings. The van der Waals surface area contributed by atoms with E-state index in [9.17, 15) is 0 Å². The molecule has 0 amide bonds.